The Morgan fingerprint density at radius 1 is 1.09 bits per heavy atom. The average Bonchev–Trinajstić information content (AvgIpc) is 3.03. The first-order valence-corrected chi connectivity index (χ1v) is 8.40. The summed E-state index contributed by atoms with van der Waals surface area (Å²) in [6.07, 6.45) is 1.17. The second kappa shape index (κ2) is 6.45. The minimum Gasteiger partial charge on any atom is -0.419 e. The molecule has 23 heavy (non-hydrogen) atoms. The van der Waals surface area contributed by atoms with Crippen LogP contribution in [0.15, 0.2) is 58.0 Å². The van der Waals surface area contributed by atoms with E-state index < -0.39 is 10.0 Å². The van der Waals surface area contributed by atoms with Gasteiger partial charge in [-0.2, -0.15) is 0 Å². The lowest BCUT2D eigenvalue weighted by Gasteiger charge is -2.03. The molecule has 118 valence electrons. The predicted molar refractivity (Wildman–Crippen MR) is 83.0 cm³/mol. The van der Waals surface area contributed by atoms with E-state index in [0.717, 1.165) is 5.56 Å². The molecule has 0 bridgehead atoms. The fraction of sp³-hybridized carbons (Fsp3) is 0.0714. The Bertz CT molecular complexity index is 895. The molecule has 2 aromatic heterocycles. The van der Waals surface area contributed by atoms with Crippen molar-refractivity contribution in [1.82, 2.24) is 19.9 Å². The highest BCUT2D eigenvalue weighted by atomic mass is 35.5. The van der Waals surface area contributed by atoms with E-state index in [9.17, 15) is 8.42 Å². The van der Waals surface area contributed by atoms with Crippen LogP contribution in [0.25, 0.3) is 11.5 Å². The Balaban J connectivity index is 1.71. The number of benzene rings is 1. The van der Waals surface area contributed by atoms with Gasteiger partial charge in [0, 0.05) is 11.8 Å². The molecule has 0 saturated carbocycles. The van der Waals surface area contributed by atoms with Crippen LogP contribution in [0.4, 0.5) is 0 Å². The summed E-state index contributed by atoms with van der Waals surface area (Å²) in [4.78, 5) is 3.74. The summed E-state index contributed by atoms with van der Waals surface area (Å²) in [6.45, 7) is -0.120. The normalized spacial score (nSPS) is 11.5. The number of hydrogen-bond acceptors (Lipinski definition) is 6. The van der Waals surface area contributed by atoms with Crippen LogP contribution in [0.1, 0.15) is 5.89 Å². The van der Waals surface area contributed by atoms with Crippen LogP contribution < -0.4 is 4.72 Å². The Kier molecular flexibility index (Phi) is 4.37. The molecule has 3 aromatic rings. The third-order valence-electron chi connectivity index (χ3n) is 2.91. The van der Waals surface area contributed by atoms with E-state index in [0.29, 0.717) is 5.89 Å². The molecule has 2 heterocycles. The van der Waals surface area contributed by atoms with E-state index in [1.54, 1.807) is 0 Å². The average molecular weight is 351 g/mol. The van der Waals surface area contributed by atoms with Crippen molar-refractivity contribution >= 4 is 21.6 Å². The lowest BCUT2D eigenvalue weighted by atomic mass is 10.2. The van der Waals surface area contributed by atoms with Crippen LogP contribution in [-0.4, -0.2) is 23.6 Å². The van der Waals surface area contributed by atoms with E-state index in [4.69, 9.17) is 16.0 Å². The molecule has 0 aliphatic rings. The summed E-state index contributed by atoms with van der Waals surface area (Å²) < 4.78 is 32.0. The van der Waals surface area contributed by atoms with Crippen molar-refractivity contribution in [2.75, 3.05) is 0 Å². The second-order valence-electron chi connectivity index (χ2n) is 4.51. The molecule has 9 heteroatoms. The number of pyridine rings is 1. The van der Waals surface area contributed by atoms with Gasteiger partial charge < -0.3 is 4.42 Å². The number of sulfonamides is 1. The maximum Gasteiger partial charge on any atom is 0.247 e. The number of aromatic nitrogens is 3. The monoisotopic (exact) mass is 350 g/mol. The van der Waals surface area contributed by atoms with E-state index in [1.165, 1.54) is 18.3 Å². The van der Waals surface area contributed by atoms with Crippen molar-refractivity contribution in [2.24, 2.45) is 0 Å². The van der Waals surface area contributed by atoms with Gasteiger partial charge >= 0.3 is 0 Å². The highest BCUT2D eigenvalue weighted by Crippen LogP contribution is 2.17. The summed E-state index contributed by atoms with van der Waals surface area (Å²) in [5.41, 5.74) is 0.760. The van der Waals surface area contributed by atoms with Crippen molar-refractivity contribution in [2.45, 2.75) is 11.4 Å². The van der Waals surface area contributed by atoms with Gasteiger partial charge in [0.25, 0.3) is 0 Å². The Morgan fingerprint density at radius 2 is 1.87 bits per heavy atom. The molecule has 7 nitrogen and oxygen atoms in total. The lowest BCUT2D eigenvalue weighted by molar-refractivity contribution is 0.494. The molecule has 0 atom stereocenters. The zero-order valence-corrected chi connectivity index (χ0v) is 13.3. The van der Waals surface area contributed by atoms with E-state index >= 15 is 0 Å². The Labute approximate surface area is 137 Å². The van der Waals surface area contributed by atoms with Crippen LogP contribution >= 0.6 is 11.6 Å². The van der Waals surface area contributed by atoms with Crippen molar-refractivity contribution in [1.29, 1.82) is 0 Å². The first-order chi connectivity index (χ1) is 11.0. The van der Waals surface area contributed by atoms with E-state index in [2.05, 4.69) is 19.9 Å². The number of hydrogen-bond donors (Lipinski definition) is 1. The summed E-state index contributed by atoms with van der Waals surface area (Å²) in [5, 5.41) is 7.93. The van der Waals surface area contributed by atoms with Gasteiger partial charge in [0.2, 0.25) is 21.8 Å². The van der Waals surface area contributed by atoms with Crippen molar-refractivity contribution in [3.05, 3.63) is 59.7 Å². The molecule has 0 saturated heterocycles. The van der Waals surface area contributed by atoms with Gasteiger partial charge in [-0.1, -0.05) is 29.8 Å². The lowest BCUT2D eigenvalue weighted by Crippen LogP contribution is -2.23. The van der Waals surface area contributed by atoms with Crippen molar-refractivity contribution in [3.63, 3.8) is 0 Å². The number of rotatable bonds is 5. The molecule has 0 aliphatic heterocycles. The maximum atomic E-state index is 12.1. The summed E-state index contributed by atoms with van der Waals surface area (Å²) in [6, 6.07) is 12.0. The molecule has 1 N–H and O–H groups in total. The largest absolute Gasteiger partial charge is 0.419 e. The second-order valence-corrected chi connectivity index (χ2v) is 6.66. The van der Waals surface area contributed by atoms with Crippen LogP contribution in [0, 0.1) is 0 Å². The molecule has 0 amide bonds. The quantitative estimate of drug-likeness (QED) is 0.709. The zero-order chi connectivity index (χ0) is 16.3. The SMILES string of the molecule is O=S(=O)(NCc1nnc(-c2ccccc2)o1)c1ccc(Cl)nc1. The number of nitrogens with zero attached hydrogens (tertiary/aromatic N) is 3. The minimum absolute atomic E-state index is 0.00435. The minimum atomic E-state index is -3.73. The van der Waals surface area contributed by atoms with E-state index in [-0.39, 0.29) is 22.5 Å². The smallest absolute Gasteiger partial charge is 0.247 e. The van der Waals surface area contributed by atoms with Gasteiger partial charge in [0.1, 0.15) is 10.0 Å². The molecule has 0 unspecified atom stereocenters. The fourth-order valence-corrected chi connectivity index (χ4v) is 2.81. The number of halogens is 1. The molecule has 0 radical (unpaired) electrons. The first kappa shape index (κ1) is 15.6. The molecule has 1 aromatic carbocycles. The van der Waals surface area contributed by atoms with Crippen LogP contribution in [0.5, 0.6) is 0 Å². The molecule has 0 spiro atoms. The number of nitrogens with one attached hydrogen (secondary N) is 1. The Hall–Kier alpha value is -2.29. The molecular formula is C14H11ClN4O3S. The third-order valence-corrected chi connectivity index (χ3v) is 4.52. The predicted octanol–water partition coefficient (Wildman–Crippen LogP) is 2.26. The van der Waals surface area contributed by atoms with Gasteiger partial charge in [0.05, 0.1) is 6.54 Å². The first-order valence-electron chi connectivity index (χ1n) is 6.53. The highest BCUT2D eigenvalue weighted by Gasteiger charge is 2.16. The van der Waals surface area contributed by atoms with Crippen LogP contribution in [-0.2, 0) is 16.6 Å². The maximum absolute atomic E-state index is 12.1. The van der Waals surface area contributed by atoms with Crippen molar-refractivity contribution in [3.8, 4) is 11.5 Å². The van der Waals surface area contributed by atoms with Gasteiger partial charge in [-0.05, 0) is 24.3 Å². The fourth-order valence-electron chi connectivity index (χ4n) is 1.78. The van der Waals surface area contributed by atoms with Gasteiger partial charge in [-0.15, -0.1) is 10.2 Å². The molecule has 0 aliphatic carbocycles. The summed E-state index contributed by atoms with van der Waals surface area (Å²) in [7, 11) is -3.73. The summed E-state index contributed by atoms with van der Waals surface area (Å²) >= 11 is 5.64. The third kappa shape index (κ3) is 3.73. The van der Waals surface area contributed by atoms with Crippen LogP contribution in [0.3, 0.4) is 0 Å². The summed E-state index contributed by atoms with van der Waals surface area (Å²) in [5.74, 6) is 0.488. The van der Waals surface area contributed by atoms with Gasteiger partial charge in [-0.3, -0.25) is 0 Å². The molecular weight excluding hydrogens is 340 g/mol. The topological polar surface area (TPSA) is 98.0 Å². The van der Waals surface area contributed by atoms with Crippen LogP contribution in [0.2, 0.25) is 5.15 Å². The highest BCUT2D eigenvalue weighted by molar-refractivity contribution is 7.89. The van der Waals surface area contributed by atoms with E-state index in [1.807, 2.05) is 30.3 Å². The van der Waals surface area contributed by atoms with Crippen molar-refractivity contribution < 1.29 is 12.8 Å². The molecule has 0 fully saturated rings. The zero-order valence-electron chi connectivity index (χ0n) is 11.7. The van der Waals surface area contributed by atoms with Gasteiger partial charge in [-0.25, -0.2) is 18.1 Å². The molecule has 3 rings (SSSR count). The van der Waals surface area contributed by atoms with Gasteiger partial charge in [0.15, 0.2) is 0 Å². The Morgan fingerprint density at radius 3 is 2.57 bits per heavy atom. The standard InChI is InChI=1S/C14H11ClN4O3S/c15-12-7-6-11(8-16-12)23(20,21)17-9-13-18-19-14(22-13)10-4-2-1-3-5-10/h1-8,17H,9H2.